The lowest BCUT2D eigenvalue weighted by Gasteiger charge is -2.17. The smallest absolute Gasteiger partial charge is 0.218 e. The lowest BCUT2D eigenvalue weighted by Crippen LogP contribution is -2.18. The lowest BCUT2D eigenvalue weighted by atomic mass is 9.97. The minimum absolute atomic E-state index is 0.0593. The van der Waals surface area contributed by atoms with Crippen molar-refractivity contribution >= 4 is 29.3 Å². The minimum atomic E-state index is -0.317. The highest BCUT2D eigenvalue weighted by molar-refractivity contribution is 7.98. The number of primary amides is 1. The molecule has 3 aromatic rings. The average molecular weight is 443 g/mol. The number of aromatic nitrogens is 3. The number of carbonyl (C=O) groups is 1. The zero-order valence-electron chi connectivity index (χ0n) is 17.3. The molecular weight excluding hydrogens is 416 g/mol. The van der Waals surface area contributed by atoms with E-state index in [0.717, 1.165) is 57.8 Å². The normalized spacial score (nSPS) is 12.1. The van der Waals surface area contributed by atoms with Gasteiger partial charge in [-0.15, -0.1) is 10.2 Å². The molecule has 3 rings (SSSR count). The molecule has 1 atom stereocenters. The molecule has 5 nitrogen and oxygen atoms in total. The minimum Gasteiger partial charge on any atom is -0.370 e. The molecule has 7 heteroatoms. The van der Waals surface area contributed by atoms with Crippen LogP contribution in [0.3, 0.4) is 0 Å². The lowest BCUT2D eigenvalue weighted by molar-refractivity contribution is -0.118. The highest BCUT2D eigenvalue weighted by Crippen LogP contribution is 2.32. The van der Waals surface area contributed by atoms with Gasteiger partial charge in [0.15, 0.2) is 5.16 Å². The number of benzene rings is 2. The molecule has 0 aliphatic rings. The number of halogens is 1. The number of nitrogens with zero attached hydrogens (tertiary/aromatic N) is 3. The molecule has 0 fully saturated rings. The summed E-state index contributed by atoms with van der Waals surface area (Å²) in [7, 11) is 0. The maximum absolute atomic E-state index is 11.7. The predicted octanol–water partition coefficient (Wildman–Crippen LogP) is 5.67. The van der Waals surface area contributed by atoms with Gasteiger partial charge in [0.05, 0.1) is 0 Å². The third-order valence-corrected chi connectivity index (χ3v) is 6.13. The fourth-order valence-electron chi connectivity index (χ4n) is 3.44. The second kappa shape index (κ2) is 10.6. The van der Waals surface area contributed by atoms with E-state index in [1.807, 2.05) is 36.4 Å². The van der Waals surface area contributed by atoms with Crippen LogP contribution in [0.4, 0.5) is 0 Å². The Bertz CT molecular complexity index is 1000. The zero-order chi connectivity index (χ0) is 21.5. The van der Waals surface area contributed by atoms with Crippen molar-refractivity contribution in [3.8, 4) is 5.69 Å². The predicted molar refractivity (Wildman–Crippen MR) is 123 cm³/mol. The first-order valence-electron chi connectivity index (χ1n) is 10.2. The van der Waals surface area contributed by atoms with Crippen LogP contribution in [0.25, 0.3) is 5.69 Å². The van der Waals surface area contributed by atoms with E-state index in [-0.39, 0.29) is 18.2 Å². The topological polar surface area (TPSA) is 73.8 Å². The quantitative estimate of drug-likeness (QED) is 0.410. The van der Waals surface area contributed by atoms with E-state index in [4.69, 9.17) is 17.3 Å². The summed E-state index contributed by atoms with van der Waals surface area (Å²) in [6, 6.07) is 16.1. The molecule has 158 valence electrons. The molecule has 2 N–H and O–H groups in total. The fraction of sp³-hybridized carbons (Fsp3) is 0.348. The number of carbonyl (C=O) groups excluding carboxylic acids is 1. The number of thioether (sulfide) groups is 1. The summed E-state index contributed by atoms with van der Waals surface area (Å²) < 4.78 is 2.07. The first-order chi connectivity index (χ1) is 14.5. The molecule has 1 amide bonds. The standard InChI is InChI=1S/C23H27ClN4OS/c1-3-4-9-18(14-21(25)29)22-26-27-23(28(22)20-11-5-7-16(2)12-20)30-15-17-8-6-10-19(24)13-17/h5-8,10-13,18H,3-4,9,14-15H2,1-2H3,(H2,25,29). The van der Waals surface area contributed by atoms with Gasteiger partial charge in [-0.2, -0.15) is 0 Å². The maximum atomic E-state index is 11.7. The molecule has 0 saturated carbocycles. The Labute approximate surface area is 187 Å². The van der Waals surface area contributed by atoms with E-state index in [0.29, 0.717) is 0 Å². The second-order valence-corrected chi connectivity index (χ2v) is 8.82. The molecule has 0 aliphatic heterocycles. The maximum Gasteiger partial charge on any atom is 0.218 e. The number of rotatable bonds is 10. The number of nitrogens with two attached hydrogens (primary N) is 1. The van der Waals surface area contributed by atoms with E-state index in [1.54, 1.807) is 11.8 Å². The van der Waals surface area contributed by atoms with Crippen molar-refractivity contribution in [1.82, 2.24) is 14.8 Å². The van der Waals surface area contributed by atoms with Crippen LogP contribution in [0, 0.1) is 6.92 Å². The third kappa shape index (κ3) is 5.86. The van der Waals surface area contributed by atoms with Crippen LogP contribution < -0.4 is 5.73 Å². The Kier molecular flexibility index (Phi) is 7.94. The number of hydrogen-bond acceptors (Lipinski definition) is 4. The van der Waals surface area contributed by atoms with E-state index >= 15 is 0 Å². The Morgan fingerprint density at radius 2 is 2.00 bits per heavy atom. The largest absolute Gasteiger partial charge is 0.370 e. The SMILES string of the molecule is CCCCC(CC(N)=O)c1nnc(SCc2cccc(Cl)c2)n1-c1cccc(C)c1. The average Bonchev–Trinajstić information content (AvgIpc) is 3.13. The van der Waals surface area contributed by atoms with Gasteiger partial charge < -0.3 is 5.73 Å². The molecule has 2 aromatic carbocycles. The molecule has 0 aliphatic carbocycles. The summed E-state index contributed by atoms with van der Waals surface area (Å²) in [6.07, 6.45) is 3.17. The van der Waals surface area contributed by atoms with Crippen LogP contribution in [-0.4, -0.2) is 20.7 Å². The number of hydrogen-bond donors (Lipinski definition) is 1. The van der Waals surface area contributed by atoms with Crippen molar-refractivity contribution in [2.45, 2.75) is 56.4 Å². The first kappa shape index (κ1) is 22.4. The summed E-state index contributed by atoms with van der Waals surface area (Å²) in [4.78, 5) is 11.7. The van der Waals surface area contributed by atoms with Crippen LogP contribution in [0.5, 0.6) is 0 Å². The van der Waals surface area contributed by atoms with Gasteiger partial charge in [-0.1, -0.05) is 67.4 Å². The Hall–Kier alpha value is -2.31. The summed E-state index contributed by atoms with van der Waals surface area (Å²) in [6.45, 7) is 4.20. The molecule has 0 spiro atoms. The Balaban J connectivity index is 1.98. The van der Waals surface area contributed by atoms with Crippen LogP contribution in [-0.2, 0) is 10.5 Å². The van der Waals surface area contributed by atoms with E-state index in [1.165, 1.54) is 0 Å². The summed E-state index contributed by atoms with van der Waals surface area (Å²) in [5.41, 5.74) is 8.82. The number of aryl methyl sites for hydroxylation is 1. The van der Waals surface area contributed by atoms with Gasteiger partial charge in [-0.3, -0.25) is 9.36 Å². The molecule has 1 heterocycles. The summed E-state index contributed by atoms with van der Waals surface area (Å²) >= 11 is 7.73. The van der Waals surface area contributed by atoms with Gasteiger partial charge in [-0.05, 0) is 48.7 Å². The Morgan fingerprint density at radius 3 is 2.70 bits per heavy atom. The molecular formula is C23H27ClN4OS. The molecule has 30 heavy (non-hydrogen) atoms. The first-order valence-corrected chi connectivity index (χ1v) is 11.5. The van der Waals surface area contributed by atoms with Gasteiger partial charge in [0.1, 0.15) is 5.82 Å². The third-order valence-electron chi connectivity index (χ3n) is 4.89. The highest BCUT2D eigenvalue weighted by Gasteiger charge is 2.24. The number of unbranched alkanes of at least 4 members (excludes halogenated alkanes) is 1. The van der Waals surface area contributed by atoms with E-state index in [9.17, 15) is 4.79 Å². The molecule has 0 radical (unpaired) electrons. The van der Waals surface area contributed by atoms with Crippen LogP contribution >= 0.6 is 23.4 Å². The van der Waals surface area contributed by atoms with E-state index in [2.05, 4.69) is 40.7 Å². The molecule has 0 saturated heterocycles. The second-order valence-electron chi connectivity index (χ2n) is 7.44. The molecule has 1 unspecified atom stereocenters. The van der Waals surface area contributed by atoms with Gasteiger partial charge >= 0.3 is 0 Å². The van der Waals surface area contributed by atoms with Gasteiger partial charge in [0.25, 0.3) is 0 Å². The van der Waals surface area contributed by atoms with Crippen molar-refractivity contribution in [1.29, 1.82) is 0 Å². The van der Waals surface area contributed by atoms with Gasteiger partial charge in [0, 0.05) is 28.8 Å². The summed E-state index contributed by atoms with van der Waals surface area (Å²) in [5.74, 6) is 1.14. The van der Waals surface area contributed by atoms with Crippen molar-refractivity contribution in [3.05, 3.63) is 70.5 Å². The van der Waals surface area contributed by atoms with Crippen molar-refractivity contribution in [2.24, 2.45) is 5.73 Å². The van der Waals surface area contributed by atoms with Crippen LogP contribution in [0.2, 0.25) is 5.02 Å². The van der Waals surface area contributed by atoms with Crippen molar-refractivity contribution in [3.63, 3.8) is 0 Å². The van der Waals surface area contributed by atoms with Crippen molar-refractivity contribution < 1.29 is 4.79 Å². The zero-order valence-corrected chi connectivity index (χ0v) is 18.9. The highest BCUT2D eigenvalue weighted by atomic mass is 35.5. The number of amides is 1. The van der Waals surface area contributed by atoms with Crippen LogP contribution in [0.1, 0.15) is 55.5 Å². The molecule has 0 bridgehead atoms. The van der Waals surface area contributed by atoms with Crippen molar-refractivity contribution in [2.75, 3.05) is 0 Å². The monoisotopic (exact) mass is 442 g/mol. The summed E-state index contributed by atoms with van der Waals surface area (Å²) in [5, 5.41) is 10.5. The Morgan fingerprint density at radius 1 is 1.20 bits per heavy atom. The molecule has 1 aromatic heterocycles. The van der Waals surface area contributed by atoms with E-state index < -0.39 is 0 Å². The van der Waals surface area contributed by atoms with Gasteiger partial charge in [0.2, 0.25) is 5.91 Å². The van der Waals surface area contributed by atoms with Gasteiger partial charge in [-0.25, -0.2) is 0 Å². The fourth-order valence-corrected chi connectivity index (χ4v) is 4.55. The van der Waals surface area contributed by atoms with Crippen LogP contribution in [0.15, 0.2) is 53.7 Å².